The minimum absolute atomic E-state index is 0.0365. The fraction of sp³-hybridized carbons (Fsp3) is 0.357. The number of nitrogens with zero attached hydrogens (tertiary/aromatic N) is 2. The molecule has 0 aliphatic rings. The van der Waals surface area contributed by atoms with Gasteiger partial charge in [0.2, 0.25) is 0 Å². The van der Waals surface area contributed by atoms with Crippen molar-refractivity contribution in [2.75, 3.05) is 6.61 Å². The van der Waals surface area contributed by atoms with Gasteiger partial charge in [-0.15, -0.1) is 0 Å². The van der Waals surface area contributed by atoms with E-state index in [4.69, 9.17) is 22.1 Å². The number of halogens is 3. The van der Waals surface area contributed by atoms with E-state index < -0.39 is 23.7 Å². The zero-order valence-corrected chi connectivity index (χ0v) is 11.8. The first kappa shape index (κ1) is 16.9. The maximum atomic E-state index is 14.3. The van der Waals surface area contributed by atoms with Crippen molar-refractivity contribution in [1.29, 1.82) is 10.5 Å². The molecule has 1 unspecified atom stereocenters. The highest BCUT2D eigenvalue weighted by Crippen LogP contribution is 2.40. The van der Waals surface area contributed by atoms with E-state index in [2.05, 4.69) is 4.74 Å². The molecular weight excluding hydrogens is 302 g/mol. The van der Waals surface area contributed by atoms with Crippen LogP contribution in [0.5, 0.6) is 0 Å². The van der Waals surface area contributed by atoms with Gasteiger partial charge in [-0.1, -0.05) is 23.7 Å². The molecule has 0 aliphatic heterocycles. The fourth-order valence-electron chi connectivity index (χ4n) is 1.81. The fourth-order valence-corrected chi connectivity index (χ4v) is 1.94. The smallest absolute Gasteiger partial charge is 0.377 e. The topological polar surface area (TPSA) is 73.9 Å². The van der Waals surface area contributed by atoms with E-state index in [-0.39, 0.29) is 12.2 Å². The van der Waals surface area contributed by atoms with Crippen LogP contribution in [0.4, 0.5) is 8.78 Å². The molecule has 0 bridgehead atoms. The minimum atomic E-state index is -4.00. The van der Waals surface area contributed by atoms with Crippen LogP contribution in [0.2, 0.25) is 5.02 Å². The molecular formula is C14H11ClF2N2O2. The first-order chi connectivity index (χ1) is 9.88. The average Bonchev–Trinajstić information content (AvgIpc) is 2.46. The summed E-state index contributed by atoms with van der Waals surface area (Å²) in [5.41, 5.74) is -0.0365. The molecule has 4 nitrogen and oxygen atoms in total. The summed E-state index contributed by atoms with van der Waals surface area (Å²) in [5, 5.41) is 18.1. The van der Waals surface area contributed by atoms with E-state index in [1.165, 1.54) is 43.3 Å². The van der Waals surface area contributed by atoms with Crippen LogP contribution in [0.1, 0.15) is 18.4 Å². The molecule has 1 aromatic carbocycles. The molecule has 7 heteroatoms. The van der Waals surface area contributed by atoms with Crippen molar-refractivity contribution in [3.63, 3.8) is 0 Å². The highest BCUT2D eigenvalue weighted by Gasteiger charge is 2.53. The third-order valence-corrected chi connectivity index (χ3v) is 3.03. The van der Waals surface area contributed by atoms with Gasteiger partial charge in [0.25, 0.3) is 0 Å². The van der Waals surface area contributed by atoms with E-state index in [9.17, 15) is 13.6 Å². The number of nitriles is 2. The molecule has 1 aromatic rings. The van der Waals surface area contributed by atoms with Gasteiger partial charge in [-0.2, -0.15) is 19.3 Å². The van der Waals surface area contributed by atoms with Crippen LogP contribution in [0.25, 0.3) is 0 Å². The lowest BCUT2D eigenvalue weighted by atomic mass is 9.82. The Morgan fingerprint density at radius 1 is 1.33 bits per heavy atom. The average molecular weight is 313 g/mol. The third kappa shape index (κ3) is 3.68. The van der Waals surface area contributed by atoms with Crippen molar-refractivity contribution in [1.82, 2.24) is 0 Å². The zero-order valence-electron chi connectivity index (χ0n) is 11.0. The molecule has 1 rings (SSSR count). The number of hydrogen-bond donors (Lipinski definition) is 0. The molecule has 21 heavy (non-hydrogen) atoms. The van der Waals surface area contributed by atoms with Gasteiger partial charge in [0.05, 0.1) is 24.7 Å². The van der Waals surface area contributed by atoms with Gasteiger partial charge < -0.3 is 4.74 Å². The van der Waals surface area contributed by atoms with Crippen LogP contribution in [-0.4, -0.2) is 18.5 Å². The molecule has 0 N–H and O–H groups in total. The molecule has 1 atom stereocenters. The third-order valence-electron chi connectivity index (χ3n) is 2.78. The zero-order chi connectivity index (χ0) is 16.0. The number of benzene rings is 1. The van der Waals surface area contributed by atoms with Crippen molar-refractivity contribution in [3.05, 3.63) is 34.9 Å². The van der Waals surface area contributed by atoms with Crippen LogP contribution >= 0.6 is 11.6 Å². The summed E-state index contributed by atoms with van der Waals surface area (Å²) < 4.78 is 32.9. The number of hydrogen-bond acceptors (Lipinski definition) is 4. The van der Waals surface area contributed by atoms with Crippen LogP contribution in [0, 0.1) is 28.6 Å². The van der Waals surface area contributed by atoms with Gasteiger partial charge >= 0.3 is 11.9 Å². The maximum absolute atomic E-state index is 14.3. The molecule has 0 aliphatic carbocycles. The predicted octanol–water partition coefficient (Wildman–Crippen LogP) is 3.29. The highest BCUT2D eigenvalue weighted by molar-refractivity contribution is 6.30. The number of carbonyl (C=O) groups is 1. The summed E-state index contributed by atoms with van der Waals surface area (Å²) in [6.07, 6.45) is 0. The lowest BCUT2D eigenvalue weighted by Crippen LogP contribution is -2.40. The van der Waals surface area contributed by atoms with E-state index in [0.717, 1.165) is 0 Å². The Morgan fingerprint density at radius 2 is 1.86 bits per heavy atom. The minimum Gasteiger partial charge on any atom is -0.462 e. The van der Waals surface area contributed by atoms with Gasteiger partial charge in [-0.25, -0.2) is 4.79 Å². The summed E-state index contributed by atoms with van der Waals surface area (Å²) in [6, 6.07) is 8.16. The maximum Gasteiger partial charge on any atom is 0.377 e. The Labute approximate surface area is 125 Å². The Bertz CT molecular complexity index is 576. The van der Waals surface area contributed by atoms with Crippen LogP contribution in [0.3, 0.4) is 0 Å². The van der Waals surface area contributed by atoms with Crippen molar-refractivity contribution < 1.29 is 18.3 Å². The Morgan fingerprint density at radius 3 is 2.29 bits per heavy atom. The SMILES string of the molecule is CCOC(=O)C(F)(F)C(c1ccc(Cl)cc1)C(C#N)C#N. The van der Waals surface area contributed by atoms with Gasteiger partial charge in [0.15, 0.2) is 0 Å². The Balaban J connectivity index is 3.33. The molecule has 0 aromatic heterocycles. The van der Waals surface area contributed by atoms with Crippen LogP contribution < -0.4 is 0 Å². The van der Waals surface area contributed by atoms with E-state index >= 15 is 0 Å². The second kappa shape index (κ2) is 7.01. The first-order valence-corrected chi connectivity index (χ1v) is 6.36. The second-order valence-electron chi connectivity index (χ2n) is 4.11. The van der Waals surface area contributed by atoms with Gasteiger partial charge in [-0.3, -0.25) is 0 Å². The summed E-state index contributed by atoms with van der Waals surface area (Å²) in [4.78, 5) is 11.5. The number of esters is 1. The lowest BCUT2D eigenvalue weighted by molar-refractivity contribution is -0.175. The number of carbonyl (C=O) groups excluding carboxylic acids is 1. The first-order valence-electron chi connectivity index (χ1n) is 5.98. The van der Waals surface area contributed by atoms with E-state index in [1.807, 2.05) is 0 Å². The summed E-state index contributed by atoms with van der Waals surface area (Å²) in [7, 11) is 0. The van der Waals surface area contributed by atoms with Gasteiger partial charge in [-0.05, 0) is 24.6 Å². The second-order valence-corrected chi connectivity index (χ2v) is 4.54. The van der Waals surface area contributed by atoms with Gasteiger partial charge in [0, 0.05) is 5.02 Å². The highest BCUT2D eigenvalue weighted by atomic mass is 35.5. The predicted molar refractivity (Wildman–Crippen MR) is 70.5 cm³/mol. The molecule has 0 saturated heterocycles. The lowest BCUT2D eigenvalue weighted by Gasteiger charge is -2.26. The Hall–Kier alpha value is -2.18. The van der Waals surface area contributed by atoms with Crippen molar-refractivity contribution >= 4 is 17.6 Å². The number of rotatable bonds is 5. The van der Waals surface area contributed by atoms with Crippen LogP contribution in [-0.2, 0) is 9.53 Å². The summed E-state index contributed by atoms with van der Waals surface area (Å²) in [6.45, 7) is 1.16. The van der Waals surface area contributed by atoms with Gasteiger partial charge in [0.1, 0.15) is 5.92 Å². The molecule has 0 fully saturated rings. The normalized spacial score (nSPS) is 12.3. The molecule has 0 spiro atoms. The molecule has 0 radical (unpaired) electrons. The number of alkyl halides is 2. The number of ether oxygens (including phenoxy) is 1. The quantitative estimate of drug-likeness (QED) is 0.782. The monoisotopic (exact) mass is 312 g/mol. The molecule has 110 valence electrons. The largest absolute Gasteiger partial charge is 0.462 e. The Kier molecular flexibility index (Phi) is 5.63. The molecule has 0 amide bonds. The van der Waals surface area contributed by atoms with Crippen LogP contribution in [0.15, 0.2) is 24.3 Å². The molecule has 0 saturated carbocycles. The molecule has 0 heterocycles. The van der Waals surface area contributed by atoms with Crippen molar-refractivity contribution in [3.8, 4) is 12.1 Å². The van der Waals surface area contributed by atoms with Crippen molar-refractivity contribution in [2.45, 2.75) is 18.8 Å². The van der Waals surface area contributed by atoms with Crippen molar-refractivity contribution in [2.24, 2.45) is 5.92 Å². The van der Waals surface area contributed by atoms with E-state index in [1.54, 1.807) is 0 Å². The summed E-state index contributed by atoms with van der Waals surface area (Å²) in [5.74, 6) is -9.39. The summed E-state index contributed by atoms with van der Waals surface area (Å²) >= 11 is 5.68. The standard InChI is InChI=1S/C14H11ClF2N2O2/c1-2-21-13(20)14(16,17)12(10(7-18)8-19)9-3-5-11(15)6-4-9/h3-6,10,12H,2H2,1H3. The van der Waals surface area contributed by atoms with E-state index in [0.29, 0.717) is 5.02 Å².